The van der Waals surface area contributed by atoms with Crippen molar-refractivity contribution in [3.63, 3.8) is 0 Å². The van der Waals surface area contributed by atoms with Crippen molar-refractivity contribution < 1.29 is 45.6 Å². The zero-order chi connectivity index (χ0) is 23.8. The predicted molar refractivity (Wildman–Crippen MR) is 106 cm³/mol. The summed E-state index contributed by atoms with van der Waals surface area (Å²) in [5.74, 6) is -0.952. The summed E-state index contributed by atoms with van der Waals surface area (Å²) >= 11 is 5.77. The first-order valence-corrected chi connectivity index (χ1v) is 9.68. The minimum absolute atomic E-state index is 0.0311. The van der Waals surface area contributed by atoms with E-state index in [0.717, 1.165) is 6.33 Å². The largest absolute Gasteiger partial charge is 0.487 e. The van der Waals surface area contributed by atoms with Gasteiger partial charge in [-0.2, -0.15) is 17.6 Å². The molecular weight excluding hydrogens is 479 g/mol. The topological polar surface area (TPSA) is 71.9 Å². The summed E-state index contributed by atoms with van der Waals surface area (Å²) in [7, 11) is 0. The highest BCUT2D eigenvalue weighted by molar-refractivity contribution is 6.30. The molecule has 33 heavy (non-hydrogen) atoms. The number of hydrogen-bond acceptors (Lipinski definition) is 7. The average Bonchev–Trinajstić information content (AvgIpc) is 2.77. The van der Waals surface area contributed by atoms with Crippen LogP contribution in [-0.4, -0.2) is 49.6 Å². The average molecular weight is 495 g/mol. The molecule has 0 aliphatic carbocycles. The van der Waals surface area contributed by atoms with Gasteiger partial charge < -0.3 is 23.7 Å². The molecule has 2 aromatic carbocycles. The molecule has 0 unspecified atom stereocenters. The first-order valence-electron chi connectivity index (χ1n) is 9.31. The lowest BCUT2D eigenvalue weighted by Crippen LogP contribution is -2.12. The van der Waals surface area contributed by atoms with Gasteiger partial charge in [-0.3, -0.25) is 0 Å². The second kappa shape index (κ2) is 11.8. The molecule has 0 aliphatic heterocycles. The summed E-state index contributed by atoms with van der Waals surface area (Å²) < 4.78 is 87.6. The molecule has 178 valence electrons. The number of ether oxygens (including phenoxy) is 5. The van der Waals surface area contributed by atoms with Crippen molar-refractivity contribution in [2.24, 2.45) is 0 Å². The number of halogens is 6. The maximum absolute atomic E-state index is 14.2. The van der Waals surface area contributed by atoms with Gasteiger partial charge in [0.25, 0.3) is 0 Å². The number of nitrogens with zero attached hydrogens (tertiary/aromatic N) is 2. The molecule has 13 heteroatoms. The standard InChI is InChI=1S/C20H16ClF5N2O5/c21-12-2-1-3-14(17(12)22)33-18-11-8-15(29-4-6-31-19(23)24)16(9-13(11)27-10-28-18)30-5-7-32-20(25)26/h1-3,8-10,19-20H,4-7H2. The van der Waals surface area contributed by atoms with Gasteiger partial charge in [0.15, 0.2) is 23.1 Å². The maximum atomic E-state index is 14.2. The van der Waals surface area contributed by atoms with Gasteiger partial charge in [-0.25, -0.2) is 14.4 Å². The fourth-order valence-electron chi connectivity index (χ4n) is 2.59. The van der Waals surface area contributed by atoms with Crippen LogP contribution in [0.25, 0.3) is 10.9 Å². The quantitative estimate of drug-likeness (QED) is 0.245. The molecule has 1 heterocycles. The van der Waals surface area contributed by atoms with E-state index in [4.69, 9.17) is 25.8 Å². The van der Waals surface area contributed by atoms with Crippen LogP contribution in [0.3, 0.4) is 0 Å². The second-order valence-electron chi connectivity index (χ2n) is 6.11. The third-order valence-corrected chi connectivity index (χ3v) is 4.25. The van der Waals surface area contributed by atoms with Crippen LogP contribution in [0.2, 0.25) is 5.02 Å². The minimum atomic E-state index is -2.98. The summed E-state index contributed by atoms with van der Waals surface area (Å²) in [6.45, 7) is -7.35. The van der Waals surface area contributed by atoms with Gasteiger partial charge in [0.2, 0.25) is 5.88 Å². The van der Waals surface area contributed by atoms with Crippen LogP contribution in [0.15, 0.2) is 36.7 Å². The summed E-state index contributed by atoms with van der Waals surface area (Å²) in [5, 5.41) is 0.105. The first-order chi connectivity index (χ1) is 15.8. The highest BCUT2D eigenvalue weighted by Crippen LogP contribution is 2.37. The molecule has 0 saturated heterocycles. The summed E-state index contributed by atoms with van der Waals surface area (Å²) in [6.07, 6.45) is 1.15. The zero-order valence-corrected chi connectivity index (χ0v) is 17.4. The maximum Gasteiger partial charge on any atom is 0.345 e. The Bertz CT molecular complexity index is 1080. The molecule has 0 amide bonds. The molecule has 0 spiro atoms. The van der Waals surface area contributed by atoms with Gasteiger partial charge in [-0.15, -0.1) is 0 Å². The Morgan fingerprint density at radius 2 is 1.45 bits per heavy atom. The zero-order valence-electron chi connectivity index (χ0n) is 16.7. The van der Waals surface area contributed by atoms with E-state index in [1.54, 1.807) is 0 Å². The smallest absolute Gasteiger partial charge is 0.345 e. The molecule has 0 fully saturated rings. The Kier molecular flexibility index (Phi) is 8.80. The Labute approximate surface area is 188 Å². The van der Waals surface area contributed by atoms with Gasteiger partial charge >= 0.3 is 13.2 Å². The predicted octanol–water partition coefficient (Wildman–Crippen LogP) is 5.45. The Hall–Kier alpha value is -2.96. The van der Waals surface area contributed by atoms with Crippen LogP contribution < -0.4 is 14.2 Å². The Morgan fingerprint density at radius 1 is 0.818 bits per heavy atom. The van der Waals surface area contributed by atoms with E-state index in [-0.39, 0.29) is 52.3 Å². The normalized spacial score (nSPS) is 11.4. The molecule has 7 nitrogen and oxygen atoms in total. The third-order valence-electron chi connectivity index (χ3n) is 3.96. The van der Waals surface area contributed by atoms with Crippen LogP contribution in [0.1, 0.15) is 0 Å². The molecule has 0 radical (unpaired) electrons. The number of rotatable bonds is 12. The fourth-order valence-corrected chi connectivity index (χ4v) is 2.76. The molecule has 3 rings (SSSR count). The second-order valence-corrected chi connectivity index (χ2v) is 6.52. The van der Waals surface area contributed by atoms with Crippen LogP contribution in [0.4, 0.5) is 22.0 Å². The van der Waals surface area contributed by atoms with E-state index in [9.17, 15) is 22.0 Å². The molecule has 1 aromatic heterocycles. The van der Waals surface area contributed by atoms with E-state index in [2.05, 4.69) is 19.4 Å². The molecule has 3 aromatic rings. The highest BCUT2D eigenvalue weighted by Gasteiger charge is 2.16. The van der Waals surface area contributed by atoms with E-state index in [0.29, 0.717) is 0 Å². The monoisotopic (exact) mass is 494 g/mol. The van der Waals surface area contributed by atoms with Gasteiger partial charge in [0, 0.05) is 6.07 Å². The van der Waals surface area contributed by atoms with Crippen LogP contribution >= 0.6 is 11.6 Å². The van der Waals surface area contributed by atoms with E-state index in [1.165, 1.54) is 30.3 Å². The number of hydrogen-bond donors (Lipinski definition) is 0. The lowest BCUT2D eigenvalue weighted by atomic mass is 10.2. The number of benzene rings is 2. The third kappa shape index (κ3) is 7.01. The molecule has 0 bridgehead atoms. The fraction of sp³-hybridized carbons (Fsp3) is 0.300. The molecule has 0 saturated carbocycles. The van der Waals surface area contributed by atoms with Crippen molar-refractivity contribution in [1.29, 1.82) is 0 Å². The van der Waals surface area contributed by atoms with Gasteiger partial charge in [-0.05, 0) is 18.2 Å². The Balaban J connectivity index is 1.89. The molecular formula is C20H16ClF5N2O5. The van der Waals surface area contributed by atoms with E-state index >= 15 is 0 Å². The summed E-state index contributed by atoms with van der Waals surface area (Å²) in [5.41, 5.74) is 0.281. The lowest BCUT2D eigenvalue weighted by Gasteiger charge is -2.15. The number of aromatic nitrogens is 2. The van der Waals surface area contributed by atoms with E-state index in [1.807, 2.05) is 0 Å². The molecule has 0 aliphatic rings. The van der Waals surface area contributed by atoms with Crippen molar-refractivity contribution in [3.8, 4) is 23.1 Å². The van der Waals surface area contributed by atoms with Crippen LogP contribution in [0.5, 0.6) is 23.1 Å². The van der Waals surface area contributed by atoms with Crippen LogP contribution in [0, 0.1) is 5.82 Å². The van der Waals surface area contributed by atoms with Crippen molar-refractivity contribution in [1.82, 2.24) is 9.97 Å². The Morgan fingerprint density at radius 3 is 2.09 bits per heavy atom. The summed E-state index contributed by atoms with van der Waals surface area (Å²) in [4.78, 5) is 8.07. The van der Waals surface area contributed by atoms with Crippen LogP contribution in [-0.2, 0) is 9.47 Å². The van der Waals surface area contributed by atoms with Gasteiger partial charge in [0.1, 0.15) is 19.5 Å². The van der Waals surface area contributed by atoms with Crippen molar-refractivity contribution in [3.05, 3.63) is 47.5 Å². The number of fused-ring (bicyclic) bond motifs is 1. The number of alkyl halides is 4. The van der Waals surface area contributed by atoms with Crippen molar-refractivity contribution in [2.75, 3.05) is 26.4 Å². The first kappa shape index (κ1) is 24.7. The highest BCUT2D eigenvalue weighted by atomic mass is 35.5. The van der Waals surface area contributed by atoms with E-state index < -0.39 is 32.3 Å². The SMILES string of the molecule is Fc1c(Cl)cccc1Oc1ncnc2cc(OCCOC(F)F)c(OCCOC(F)F)cc12. The van der Waals surface area contributed by atoms with Gasteiger partial charge in [0.05, 0.1) is 29.1 Å². The summed E-state index contributed by atoms with van der Waals surface area (Å²) in [6, 6.07) is 6.93. The molecule has 0 N–H and O–H groups in total. The molecule has 0 atom stereocenters. The van der Waals surface area contributed by atoms with Gasteiger partial charge in [-0.1, -0.05) is 17.7 Å². The van der Waals surface area contributed by atoms with Crippen molar-refractivity contribution in [2.45, 2.75) is 13.2 Å². The van der Waals surface area contributed by atoms with Crippen molar-refractivity contribution >= 4 is 22.5 Å². The minimum Gasteiger partial charge on any atom is -0.487 e. The lowest BCUT2D eigenvalue weighted by molar-refractivity contribution is -0.134.